The van der Waals surface area contributed by atoms with E-state index in [1.165, 1.54) is 24.5 Å². The maximum absolute atomic E-state index is 13.4. The highest BCUT2D eigenvalue weighted by Gasteiger charge is 2.13. The third kappa shape index (κ3) is 1.48. The molecule has 0 aliphatic rings. The molecule has 74 valence electrons. The summed E-state index contributed by atoms with van der Waals surface area (Å²) < 4.78 is 26.3. The molecule has 0 amide bonds. The number of hydrogen-bond donors (Lipinski definition) is 1. The van der Waals surface area contributed by atoms with Gasteiger partial charge in [0, 0.05) is 23.5 Å². The average Bonchev–Trinajstić information content (AvgIpc) is 2.70. The molecule has 2 nitrogen and oxygen atoms in total. The molecule has 0 aliphatic carbocycles. The quantitative estimate of drug-likeness (QED) is 0.762. The van der Waals surface area contributed by atoms with E-state index in [1.807, 2.05) is 6.07 Å². The van der Waals surface area contributed by atoms with Crippen LogP contribution in [0.5, 0.6) is 0 Å². The number of hydrogen-bond acceptors (Lipinski definition) is 1. The number of benzene rings is 1. The fraction of sp³-hybridized carbons (Fsp3) is 0. The number of nitriles is 1. The first-order valence-electron chi connectivity index (χ1n) is 4.25. The summed E-state index contributed by atoms with van der Waals surface area (Å²) in [6, 6.07) is 5.78. The van der Waals surface area contributed by atoms with Crippen molar-refractivity contribution < 1.29 is 8.78 Å². The van der Waals surface area contributed by atoms with Crippen LogP contribution in [0.25, 0.3) is 11.1 Å². The molecule has 0 unspecified atom stereocenters. The molecular formula is C11H6F2N2. The second kappa shape index (κ2) is 3.54. The molecule has 0 saturated carbocycles. The third-order valence-corrected chi connectivity index (χ3v) is 2.11. The molecule has 1 aromatic carbocycles. The summed E-state index contributed by atoms with van der Waals surface area (Å²) in [6.07, 6.45) is 2.91. The summed E-state index contributed by atoms with van der Waals surface area (Å²) in [6.45, 7) is 0. The fourth-order valence-corrected chi connectivity index (χ4v) is 1.39. The molecule has 0 atom stereocenters. The zero-order valence-corrected chi connectivity index (χ0v) is 7.59. The van der Waals surface area contributed by atoms with Crippen LogP contribution in [0, 0.1) is 23.0 Å². The molecule has 2 aromatic rings. The van der Waals surface area contributed by atoms with Crippen molar-refractivity contribution in [2.45, 2.75) is 0 Å². The van der Waals surface area contributed by atoms with Gasteiger partial charge in [-0.15, -0.1) is 0 Å². The van der Waals surface area contributed by atoms with Gasteiger partial charge in [0.15, 0.2) is 11.6 Å². The Kier molecular flexibility index (Phi) is 2.22. The lowest BCUT2D eigenvalue weighted by Crippen LogP contribution is -1.89. The number of aromatic amines is 1. The van der Waals surface area contributed by atoms with Crippen LogP contribution < -0.4 is 0 Å². The molecule has 0 spiro atoms. The maximum atomic E-state index is 13.4. The Balaban J connectivity index is 2.65. The molecule has 0 bridgehead atoms. The molecule has 15 heavy (non-hydrogen) atoms. The van der Waals surface area contributed by atoms with Crippen LogP contribution in [-0.2, 0) is 0 Å². The van der Waals surface area contributed by atoms with Gasteiger partial charge in [-0.3, -0.25) is 0 Å². The van der Waals surface area contributed by atoms with Gasteiger partial charge >= 0.3 is 0 Å². The number of aromatic nitrogens is 1. The van der Waals surface area contributed by atoms with Gasteiger partial charge in [-0.25, -0.2) is 8.78 Å². The van der Waals surface area contributed by atoms with E-state index < -0.39 is 11.6 Å². The number of rotatable bonds is 1. The highest BCUT2D eigenvalue weighted by atomic mass is 19.2. The average molecular weight is 204 g/mol. The van der Waals surface area contributed by atoms with Gasteiger partial charge in [-0.2, -0.15) is 5.26 Å². The number of nitrogens with one attached hydrogen (secondary N) is 1. The van der Waals surface area contributed by atoms with Crippen molar-refractivity contribution in [3.8, 4) is 17.2 Å². The monoisotopic (exact) mass is 204 g/mol. The van der Waals surface area contributed by atoms with Gasteiger partial charge in [-0.1, -0.05) is 12.1 Å². The van der Waals surface area contributed by atoms with Crippen LogP contribution in [0.4, 0.5) is 8.78 Å². The standard InChI is InChI=1S/C11H6F2N2/c12-10-3-1-2-8(11(10)13)9-6-15-5-7(9)4-14/h1-3,5-6,15H. The summed E-state index contributed by atoms with van der Waals surface area (Å²) in [5, 5.41) is 8.74. The first kappa shape index (κ1) is 9.41. The summed E-state index contributed by atoms with van der Waals surface area (Å²) in [5.41, 5.74) is 0.752. The summed E-state index contributed by atoms with van der Waals surface area (Å²) >= 11 is 0. The van der Waals surface area contributed by atoms with Gasteiger partial charge in [0.1, 0.15) is 6.07 Å². The summed E-state index contributed by atoms with van der Waals surface area (Å²) in [7, 11) is 0. The Morgan fingerprint density at radius 1 is 1.13 bits per heavy atom. The number of nitrogens with zero attached hydrogens (tertiary/aromatic N) is 1. The zero-order valence-electron chi connectivity index (χ0n) is 7.59. The zero-order chi connectivity index (χ0) is 10.8. The second-order valence-electron chi connectivity index (χ2n) is 3.00. The molecule has 2 rings (SSSR count). The van der Waals surface area contributed by atoms with E-state index in [-0.39, 0.29) is 5.56 Å². The van der Waals surface area contributed by atoms with E-state index in [0.29, 0.717) is 11.1 Å². The molecule has 1 N–H and O–H groups in total. The first-order chi connectivity index (χ1) is 7.24. The van der Waals surface area contributed by atoms with Crippen molar-refractivity contribution in [2.75, 3.05) is 0 Å². The molecular weight excluding hydrogens is 198 g/mol. The Morgan fingerprint density at radius 3 is 2.67 bits per heavy atom. The molecule has 0 saturated heterocycles. The predicted octanol–water partition coefficient (Wildman–Crippen LogP) is 2.83. The van der Waals surface area contributed by atoms with Gasteiger partial charge in [0.25, 0.3) is 0 Å². The largest absolute Gasteiger partial charge is 0.366 e. The van der Waals surface area contributed by atoms with E-state index in [2.05, 4.69) is 4.98 Å². The van der Waals surface area contributed by atoms with Crippen molar-refractivity contribution in [1.29, 1.82) is 5.26 Å². The smallest absolute Gasteiger partial charge is 0.166 e. The molecule has 0 aliphatic heterocycles. The third-order valence-electron chi connectivity index (χ3n) is 2.11. The van der Waals surface area contributed by atoms with Crippen LogP contribution in [-0.4, -0.2) is 4.98 Å². The number of halogens is 2. The first-order valence-corrected chi connectivity index (χ1v) is 4.25. The van der Waals surface area contributed by atoms with Crippen LogP contribution in [0.2, 0.25) is 0 Å². The molecule has 0 fully saturated rings. The predicted molar refractivity (Wildman–Crippen MR) is 50.9 cm³/mol. The van der Waals surface area contributed by atoms with E-state index in [0.717, 1.165) is 6.07 Å². The molecule has 1 heterocycles. The van der Waals surface area contributed by atoms with Crippen molar-refractivity contribution in [3.63, 3.8) is 0 Å². The fourth-order valence-electron chi connectivity index (χ4n) is 1.39. The van der Waals surface area contributed by atoms with E-state index >= 15 is 0 Å². The van der Waals surface area contributed by atoms with Gasteiger partial charge in [-0.05, 0) is 6.07 Å². The highest BCUT2D eigenvalue weighted by Crippen LogP contribution is 2.26. The highest BCUT2D eigenvalue weighted by molar-refractivity contribution is 5.70. The van der Waals surface area contributed by atoms with Crippen molar-refractivity contribution >= 4 is 0 Å². The summed E-state index contributed by atoms with van der Waals surface area (Å²) in [4.78, 5) is 2.68. The minimum absolute atomic E-state index is 0.0906. The van der Waals surface area contributed by atoms with Crippen molar-refractivity contribution in [1.82, 2.24) is 4.98 Å². The normalized spacial score (nSPS) is 9.93. The minimum Gasteiger partial charge on any atom is -0.366 e. The Labute approximate surface area is 84.8 Å². The van der Waals surface area contributed by atoms with Gasteiger partial charge < -0.3 is 4.98 Å². The lowest BCUT2D eigenvalue weighted by atomic mass is 10.0. The minimum atomic E-state index is -0.936. The lowest BCUT2D eigenvalue weighted by Gasteiger charge is -2.01. The van der Waals surface area contributed by atoms with E-state index in [1.54, 1.807) is 0 Å². The van der Waals surface area contributed by atoms with Crippen LogP contribution >= 0.6 is 0 Å². The topological polar surface area (TPSA) is 39.6 Å². The lowest BCUT2D eigenvalue weighted by molar-refractivity contribution is 0.511. The molecule has 1 aromatic heterocycles. The Bertz CT molecular complexity index is 538. The Hall–Kier alpha value is -2.15. The van der Waals surface area contributed by atoms with Crippen molar-refractivity contribution in [3.05, 3.63) is 47.8 Å². The number of H-pyrrole nitrogens is 1. The van der Waals surface area contributed by atoms with E-state index in [4.69, 9.17) is 5.26 Å². The molecule has 0 radical (unpaired) electrons. The second-order valence-corrected chi connectivity index (χ2v) is 3.00. The Morgan fingerprint density at radius 2 is 1.93 bits per heavy atom. The van der Waals surface area contributed by atoms with Crippen LogP contribution in [0.15, 0.2) is 30.6 Å². The van der Waals surface area contributed by atoms with Gasteiger partial charge in [0.2, 0.25) is 0 Å². The van der Waals surface area contributed by atoms with E-state index in [9.17, 15) is 8.78 Å². The van der Waals surface area contributed by atoms with Crippen LogP contribution in [0.1, 0.15) is 5.56 Å². The maximum Gasteiger partial charge on any atom is 0.166 e. The van der Waals surface area contributed by atoms with Crippen molar-refractivity contribution in [2.24, 2.45) is 0 Å². The summed E-state index contributed by atoms with van der Waals surface area (Å²) in [5.74, 6) is -1.86. The molecule has 4 heteroatoms. The van der Waals surface area contributed by atoms with Crippen LogP contribution in [0.3, 0.4) is 0 Å². The SMILES string of the molecule is N#Cc1c[nH]cc1-c1cccc(F)c1F. The van der Waals surface area contributed by atoms with Gasteiger partial charge in [0.05, 0.1) is 5.56 Å².